The van der Waals surface area contributed by atoms with Gasteiger partial charge in [-0.05, 0) is 37.1 Å². The number of benzene rings is 1. The fraction of sp³-hybridized carbons (Fsp3) is 0.190. The highest BCUT2D eigenvalue weighted by Gasteiger charge is 2.47. The van der Waals surface area contributed by atoms with Gasteiger partial charge in [0.1, 0.15) is 17.4 Å². The summed E-state index contributed by atoms with van der Waals surface area (Å²) in [5, 5.41) is 14.6. The molecule has 31 heavy (non-hydrogen) atoms. The zero-order chi connectivity index (χ0) is 21.2. The second-order valence-electron chi connectivity index (χ2n) is 7.59. The molecule has 0 bridgehead atoms. The zero-order valence-corrected chi connectivity index (χ0v) is 16.8. The molecule has 4 heterocycles. The standard InChI is InChI=1S/C21H15ClN6O3/c22-13-5-3-6-14-16(13)27(10-12-4-1-2-9-23-12)19(29)17-15(24-11-28(14)17)18-25-20(26-31-18)21(30)7-8-21/h1-6,9,11,30H,7-8,10H2. The number of para-hydroxylation sites is 1. The van der Waals surface area contributed by atoms with Crippen LogP contribution in [0.3, 0.4) is 0 Å². The van der Waals surface area contributed by atoms with E-state index in [1.54, 1.807) is 21.2 Å². The molecule has 1 aromatic carbocycles. The molecule has 0 unspecified atom stereocenters. The average Bonchev–Trinajstić information content (AvgIpc) is 3.19. The van der Waals surface area contributed by atoms with Crippen LogP contribution in [0.5, 0.6) is 0 Å². The molecule has 0 amide bonds. The van der Waals surface area contributed by atoms with E-state index in [-0.39, 0.29) is 35.0 Å². The maximum absolute atomic E-state index is 13.6. The van der Waals surface area contributed by atoms with Crippen molar-refractivity contribution in [2.45, 2.75) is 25.0 Å². The van der Waals surface area contributed by atoms with Crippen molar-refractivity contribution in [2.75, 3.05) is 0 Å². The Kier molecular flexibility index (Phi) is 3.80. The first kappa shape index (κ1) is 18.2. The van der Waals surface area contributed by atoms with Gasteiger partial charge in [-0.15, -0.1) is 0 Å². The van der Waals surface area contributed by atoms with E-state index in [0.29, 0.717) is 34.6 Å². The third-order valence-corrected chi connectivity index (χ3v) is 5.83. The quantitative estimate of drug-likeness (QED) is 0.463. The number of fused-ring (bicyclic) bond motifs is 3. The van der Waals surface area contributed by atoms with Gasteiger partial charge in [0, 0.05) is 6.20 Å². The Bertz CT molecular complexity index is 1520. The number of aliphatic hydroxyl groups is 1. The van der Waals surface area contributed by atoms with Crippen LogP contribution >= 0.6 is 11.6 Å². The van der Waals surface area contributed by atoms with Crippen molar-refractivity contribution in [3.63, 3.8) is 0 Å². The van der Waals surface area contributed by atoms with Crippen molar-refractivity contribution < 1.29 is 9.63 Å². The molecule has 1 fully saturated rings. The van der Waals surface area contributed by atoms with Crippen molar-refractivity contribution in [3.05, 3.63) is 75.8 Å². The summed E-state index contributed by atoms with van der Waals surface area (Å²) in [7, 11) is 0. The van der Waals surface area contributed by atoms with Crippen LogP contribution in [0.4, 0.5) is 0 Å². The monoisotopic (exact) mass is 434 g/mol. The molecule has 0 spiro atoms. The molecule has 5 aromatic rings. The fourth-order valence-electron chi connectivity index (χ4n) is 3.74. The van der Waals surface area contributed by atoms with Crippen LogP contribution < -0.4 is 5.56 Å². The lowest BCUT2D eigenvalue weighted by Gasteiger charge is -2.13. The Morgan fingerprint density at radius 1 is 1.13 bits per heavy atom. The lowest BCUT2D eigenvalue weighted by Crippen LogP contribution is -2.24. The van der Waals surface area contributed by atoms with E-state index in [4.69, 9.17) is 16.1 Å². The van der Waals surface area contributed by atoms with Gasteiger partial charge >= 0.3 is 0 Å². The van der Waals surface area contributed by atoms with E-state index in [2.05, 4.69) is 20.1 Å². The summed E-state index contributed by atoms with van der Waals surface area (Å²) in [5.74, 6) is 0.294. The summed E-state index contributed by atoms with van der Waals surface area (Å²) < 4.78 is 8.59. The Morgan fingerprint density at radius 2 is 2.00 bits per heavy atom. The molecule has 1 saturated carbocycles. The Balaban J connectivity index is 1.63. The van der Waals surface area contributed by atoms with Gasteiger partial charge in [-0.2, -0.15) is 4.98 Å². The SMILES string of the molecule is O=c1c2c(-c3nc(C4(O)CC4)no3)ncn2c2cccc(Cl)c2n1Cc1ccccn1. The summed E-state index contributed by atoms with van der Waals surface area (Å²) in [5.41, 5.74) is 1.17. The van der Waals surface area contributed by atoms with Crippen molar-refractivity contribution in [3.8, 4) is 11.6 Å². The predicted molar refractivity (Wildman–Crippen MR) is 112 cm³/mol. The van der Waals surface area contributed by atoms with Crippen molar-refractivity contribution in [1.82, 2.24) is 29.1 Å². The maximum atomic E-state index is 13.6. The Hall–Kier alpha value is -3.56. The second-order valence-corrected chi connectivity index (χ2v) is 7.99. The molecule has 1 aliphatic carbocycles. The minimum Gasteiger partial charge on any atom is -0.382 e. The molecule has 154 valence electrons. The molecule has 9 nitrogen and oxygen atoms in total. The Labute approximate surface area is 179 Å². The van der Waals surface area contributed by atoms with Gasteiger partial charge < -0.3 is 9.63 Å². The van der Waals surface area contributed by atoms with E-state index in [9.17, 15) is 9.90 Å². The summed E-state index contributed by atoms with van der Waals surface area (Å²) in [6, 6.07) is 10.9. The van der Waals surface area contributed by atoms with Crippen LogP contribution in [-0.4, -0.2) is 34.2 Å². The largest absolute Gasteiger partial charge is 0.382 e. The van der Waals surface area contributed by atoms with Crippen LogP contribution in [0.15, 0.2) is 58.2 Å². The number of imidazole rings is 1. The number of nitrogens with zero attached hydrogens (tertiary/aromatic N) is 6. The molecule has 1 aliphatic rings. The first-order valence-electron chi connectivity index (χ1n) is 9.70. The number of rotatable bonds is 4. The van der Waals surface area contributed by atoms with Gasteiger partial charge in [-0.1, -0.05) is 28.9 Å². The van der Waals surface area contributed by atoms with Gasteiger partial charge in [0.05, 0.1) is 28.3 Å². The average molecular weight is 435 g/mol. The molecule has 0 atom stereocenters. The maximum Gasteiger partial charge on any atom is 0.279 e. The lowest BCUT2D eigenvalue weighted by atomic mass is 10.2. The number of halogens is 1. The predicted octanol–water partition coefficient (Wildman–Crippen LogP) is 2.78. The van der Waals surface area contributed by atoms with Gasteiger partial charge in [-0.3, -0.25) is 18.7 Å². The van der Waals surface area contributed by atoms with E-state index < -0.39 is 5.60 Å². The van der Waals surface area contributed by atoms with Crippen LogP contribution in [0.25, 0.3) is 28.1 Å². The molecule has 4 aromatic heterocycles. The van der Waals surface area contributed by atoms with Gasteiger partial charge in [0.15, 0.2) is 5.69 Å². The normalized spacial score (nSPS) is 15.0. The van der Waals surface area contributed by atoms with E-state index in [1.165, 1.54) is 6.33 Å². The van der Waals surface area contributed by atoms with Gasteiger partial charge in [-0.25, -0.2) is 4.98 Å². The molecular formula is C21H15ClN6O3. The molecule has 0 aliphatic heterocycles. The van der Waals surface area contributed by atoms with Crippen molar-refractivity contribution >= 4 is 28.2 Å². The van der Waals surface area contributed by atoms with Crippen LogP contribution in [0.2, 0.25) is 5.02 Å². The lowest BCUT2D eigenvalue weighted by molar-refractivity contribution is 0.137. The topological polar surface area (TPSA) is 111 Å². The number of pyridine rings is 1. The first-order chi connectivity index (χ1) is 15.0. The smallest absolute Gasteiger partial charge is 0.279 e. The summed E-state index contributed by atoms with van der Waals surface area (Å²) >= 11 is 6.50. The number of hydrogen-bond acceptors (Lipinski definition) is 7. The van der Waals surface area contributed by atoms with Crippen LogP contribution in [0.1, 0.15) is 24.4 Å². The van der Waals surface area contributed by atoms with Crippen molar-refractivity contribution in [2.24, 2.45) is 0 Å². The number of aromatic nitrogens is 6. The number of hydrogen-bond donors (Lipinski definition) is 1. The molecule has 0 saturated heterocycles. The molecule has 10 heteroatoms. The van der Waals surface area contributed by atoms with E-state index >= 15 is 0 Å². The van der Waals surface area contributed by atoms with E-state index in [1.807, 2.05) is 30.3 Å². The van der Waals surface area contributed by atoms with Crippen LogP contribution in [0, 0.1) is 0 Å². The molecule has 1 N–H and O–H groups in total. The second kappa shape index (κ2) is 6.47. The Morgan fingerprint density at radius 3 is 2.77 bits per heavy atom. The molecule has 0 radical (unpaired) electrons. The summed E-state index contributed by atoms with van der Waals surface area (Å²) in [4.78, 5) is 26.7. The summed E-state index contributed by atoms with van der Waals surface area (Å²) in [6.45, 7) is 0.232. The molecule has 6 rings (SSSR count). The third-order valence-electron chi connectivity index (χ3n) is 5.52. The first-order valence-corrected chi connectivity index (χ1v) is 10.1. The third kappa shape index (κ3) is 2.77. The van der Waals surface area contributed by atoms with E-state index in [0.717, 1.165) is 0 Å². The highest BCUT2D eigenvalue weighted by atomic mass is 35.5. The molecular weight excluding hydrogens is 420 g/mol. The zero-order valence-electron chi connectivity index (χ0n) is 16.1. The van der Waals surface area contributed by atoms with Crippen LogP contribution in [-0.2, 0) is 12.1 Å². The highest BCUT2D eigenvalue weighted by Crippen LogP contribution is 2.44. The summed E-state index contributed by atoms with van der Waals surface area (Å²) in [6.07, 6.45) is 4.37. The van der Waals surface area contributed by atoms with Crippen molar-refractivity contribution in [1.29, 1.82) is 0 Å². The minimum atomic E-state index is -1.04. The fourth-order valence-corrected chi connectivity index (χ4v) is 4.01. The highest BCUT2D eigenvalue weighted by molar-refractivity contribution is 6.35. The van der Waals surface area contributed by atoms with Gasteiger partial charge in [0.2, 0.25) is 5.82 Å². The minimum absolute atomic E-state index is 0.0840. The van der Waals surface area contributed by atoms with Gasteiger partial charge in [0.25, 0.3) is 11.4 Å².